The van der Waals surface area contributed by atoms with Crippen molar-refractivity contribution in [3.63, 3.8) is 0 Å². The van der Waals surface area contributed by atoms with E-state index in [2.05, 4.69) is 10.2 Å². The summed E-state index contributed by atoms with van der Waals surface area (Å²) in [7, 11) is 0. The molecule has 4 rings (SSSR count). The zero-order valence-electron chi connectivity index (χ0n) is 18.4. The second-order valence-corrected chi connectivity index (χ2v) is 9.64. The smallest absolute Gasteiger partial charge is 0.255 e. The lowest BCUT2D eigenvalue weighted by Crippen LogP contribution is -2.51. The van der Waals surface area contributed by atoms with Gasteiger partial charge >= 0.3 is 0 Å². The molecule has 0 bridgehead atoms. The fourth-order valence-electron chi connectivity index (χ4n) is 4.29. The summed E-state index contributed by atoms with van der Waals surface area (Å²) in [6.07, 6.45) is -0.00674. The molecule has 6 nitrogen and oxygen atoms in total. The molecule has 9 heteroatoms. The molecule has 2 aromatic carbocycles. The van der Waals surface area contributed by atoms with Crippen molar-refractivity contribution in [2.45, 2.75) is 25.1 Å². The number of amides is 2. The van der Waals surface area contributed by atoms with Gasteiger partial charge < -0.3 is 15.0 Å². The fraction of sp³-hybridized carbons (Fsp3) is 0.417. The molecule has 0 radical (unpaired) electrons. The Kier molecular flexibility index (Phi) is 7.90. The van der Waals surface area contributed by atoms with Gasteiger partial charge in [0.2, 0.25) is 5.91 Å². The van der Waals surface area contributed by atoms with Gasteiger partial charge in [-0.05, 0) is 31.2 Å². The number of nitrogens with zero attached hydrogens (tertiary/aromatic N) is 2. The third kappa shape index (κ3) is 5.51. The van der Waals surface area contributed by atoms with Crippen molar-refractivity contribution in [3.8, 4) is 0 Å². The molecule has 176 valence electrons. The molecule has 2 saturated heterocycles. The molecule has 33 heavy (non-hydrogen) atoms. The zero-order valence-corrected chi connectivity index (χ0v) is 19.9. The maximum atomic E-state index is 14.8. The second-order valence-electron chi connectivity index (χ2n) is 8.23. The van der Waals surface area contributed by atoms with Crippen LogP contribution in [0.1, 0.15) is 28.9 Å². The van der Waals surface area contributed by atoms with E-state index < -0.39 is 17.9 Å². The van der Waals surface area contributed by atoms with Gasteiger partial charge in [-0.2, -0.15) is 0 Å². The second kappa shape index (κ2) is 10.9. The van der Waals surface area contributed by atoms with Crippen LogP contribution in [0.5, 0.6) is 0 Å². The summed E-state index contributed by atoms with van der Waals surface area (Å²) in [5.74, 6) is 0.150. The Hall–Kier alpha value is -2.13. The number of morpholine rings is 1. The van der Waals surface area contributed by atoms with Crippen molar-refractivity contribution in [1.29, 1.82) is 0 Å². The summed E-state index contributed by atoms with van der Waals surface area (Å²) in [6.45, 7) is 3.88. The van der Waals surface area contributed by atoms with Crippen LogP contribution in [-0.4, -0.2) is 71.6 Å². The summed E-state index contributed by atoms with van der Waals surface area (Å²) in [5.41, 5.74) is 0.919. The molecular weight excluding hydrogens is 465 g/mol. The van der Waals surface area contributed by atoms with Gasteiger partial charge in [0.25, 0.3) is 5.91 Å². The van der Waals surface area contributed by atoms with E-state index in [1.165, 1.54) is 6.07 Å². The van der Waals surface area contributed by atoms with Crippen molar-refractivity contribution < 1.29 is 18.7 Å². The van der Waals surface area contributed by atoms with E-state index in [0.29, 0.717) is 47.5 Å². The van der Waals surface area contributed by atoms with E-state index >= 15 is 0 Å². The van der Waals surface area contributed by atoms with Gasteiger partial charge in [0.1, 0.15) is 11.9 Å². The predicted molar refractivity (Wildman–Crippen MR) is 128 cm³/mol. The first-order valence-corrected chi connectivity index (χ1v) is 12.5. The van der Waals surface area contributed by atoms with Crippen LogP contribution in [0.25, 0.3) is 0 Å². The van der Waals surface area contributed by atoms with E-state index in [-0.39, 0.29) is 24.5 Å². The third-order valence-electron chi connectivity index (χ3n) is 5.98. The predicted octanol–water partition coefficient (Wildman–Crippen LogP) is 3.57. The van der Waals surface area contributed by atoms with E-state index in [1.54, 1.807) is 53.1 Å². The molecule has 0 saturated carbocycles. The minimum atomic E-state index is -0.580. The van der Waals surface area contributed by atoms with Gasteiger partial charge in [0.05, 0.1) is 24.6 Å². The quantitative estimate of drug-likeness (QED) is 0.669. The van der Waals surface area contributed by atoms with Crippen molar-refractivity contribution in [1.82, 2.24) is 15.1 Å². The Labute approximate surface area is 202 Å². The maximum absolute atomic E-state index is 14.8. The minimum absolute atomic E-state index is 0.00674. The number of carbonyl (C=O) groups is 2. The molecule has 3 atom stereocenters. The van der Waals surface area contributed by atoms with Crippen LogP contribution in [-0.2, 0) is 9.53 Å². The number of thioether (sulfide) groups is 1. The zero-order chi connectivity index (χ0) is 23.4. The van der Waals surface area contributed by atoms with Crippen LogP contribution in [0.3, 0.4) is 0 Å². The van der Waals surface area contributed by atoms with E-state index in [9.17, 15) is 14.0 Å². The van der Waals surface area contributed by atoms with E-state index in [4.69, 9.17) is 16.3 Å². The molecule has 0 spiro atoms. The third-order valence-corrected chi connectivity index (χ3v) is 7.32. The first-order valence-electron chi connectivity index (χ1n) is 11.0. The van der Waals surface area contributed by atoms with Gasteiger partial charge in [0.15, 0.2) is 0 Å². The molecule has 2 amide bonds. The normalized spacial score (nSPS) is 22.2. The van der Waals surface area contributed by atoms with Crippen LogP contribution < -0.4 is 5.32 Å². The lowest BCUT2D eigenvalue weighted by Gasteiger charge is -2.38. The summed E-state index contributed by atoms with van der Waals surface area (Å²) in [5, 5.41) is 3.30. The Balaban J connectivity index is 1.50. The van der Waals surface area contributed by atoms with E-state index in [1.807, 2.05) is 13.0 Å². The number of nitrogens with one attached hydrogen (secondary N) is 1. The molecule has 2 heterocycles. The number of hydrogen-bond donors (Lipinski definition) is 1. The number of halogens is 2. The number of ether oxygens (including phenoxy) is 1. The first kappa shape index (κ1) is 24.0. The Bertz CT molecular complexity index is 976. The van der Waals surface area contributed by atoms with Crippen LogP contribution in [0, 0.1) is 5.82 Å². The van der Waals surface area contributed by atoms with Gasteiger partial charge in [0, 0.05) is 41.5 Å². The lowest BCUT2D eigenvalue weighted by molar-refractivity contribution is -0.124. The number of hydrogen-bond acceptors (Lipinski definition) is 5. The molecular formula is C24H27ClFN3O3S. The van der Waals surface area contributed by atoms with Crippen molar-refractivity contribution >= 4 is 35.2 Å². The molecule has 3 unspecified atom stereocenters. The van der Waals surface area contributed by atoms with Gasteiger partial charge in [-0.3, -0.25) is 14.5 Å². The molecule has 2 fully saturated rings. The van der Waals surface area contributed by atoms with Gasteiger partial charge in [-0.25, -0.2) is 4.39 Å². The Morgan fingerprint density at radius 1 is 1.24 bits per heavy atom. The molecule has 0 aromatic heterocycles. The average Bonchev–Trinajstić information content (AvgIpc) is 3.31. The van der Waals surface area contributed by atoms with Crippen LogP contribution in [0.4, 0.5) is 4.39 Å². The van der Waals surface area contributed by atoms with Crippen LogP contribution >= 0.6 is 23.4 Å². The Morgan fingerprint density at radius 3 is 2.76 bits per heavy atom. The number of benzene rings is 2. The first-order chi connectivity index (χ1) is 16.0. The van der Waals surface area contributed by atoms with Gasteiger partial charge in [-0.15, -0.1) is 11.8 Å². The Morgan fingerprint density at radius 2 is 2.03 bits per heavy atom. The fourth-order valence-corrected chi connectivity index (χ4v) is 5.74. The summed E-state index contributed by atoms with van der Waals surface area (Å²) < 4.78 is 20.5. The largest absolute Gasteiger partial charge is 0.376 e. The minimum Gasteiger partial charge on any atom is -0.376 e. The standard InChI is InChI=1S/C24H27ClFN3O3S/c1-16-13-28(10-11-32-16)20(22-18(25)8-5-9-19(22)26)12-27-23(30)21-14-33-15-29(21)24(31)17-6-3-2-4-7-17/h2-9,16,20-21H,10-15H2,1H3,(H,27,30). The summed E-state index contributed by atoms with van der Waals surface area (Å²) >= 11 is 7.93. The maximum Gasteiger partial charge on any atom is 0.255 e. The molecule has 2 aliphatic heterocycles. The molecule has 2 aliphatic rings. The number of carbonyl (C=O) groups excluding carboxylic acids is 2. The summed E-state index contributed by atoms with van der Waals surface area (Å²) in [6, 6.07) is 12.5. The summed E-state index contributed by atoms with van der Waals surface area (Å²) in [4.78, 5) is 29.8. The van der Waals surface area contributed by atoms with Crippen molar-refractivity contribution in [2.75, 3.05) is 37.9 Å². The highest BCUT2D eigenvalue weighted by Gasteiger charge is 2.36. The van der Waals surface area contributed by atoms with Crippen molar-refractivity contribution in [2.24, 2.45) is 0 Å². The highest BCUT2D eigenvalue weighted by atomic mass is 35.5. The molecule has 2 aromatic rings. The van der Waals surface area contributed by atoms with Crippen LogP contribution in [0.2, 0.25) is 5.02 Å². The number of rotatable bonds is 6. The lowest BCUT2D eigenvalue weighted by atomic mass is 10.0. The van der Waals surface area contributed by atoms with Crippen LogP contribution in [0.15, 0.2) is 48.5 Å². The van der Waals surface area contributed by atoms with Gasteiger partial charge in [-0.1, -0.05) is 35.9 Å². The molecule has 1 N–H and O–H groups in total. The molecule has 0 aliphatic carbocycles. The average molecular weight is 492 g/mol. The van der Waals surface area contributed by atoms with E-state index in [0.717, 1.165) is 0 Å². The van der Waals surface area contributed by atoms with Crippen molar-refractivity contribution in [3.05, 3.63) is 70.5 Å². The monoisotopic (exact) mass is 491 g/mol. The SMILES string of the molecule is CC1CN(C(CNC(=O)C2CSCN2C(=O)c2ccccc2)c2c(F)cccc2Cl)CCO1. The highest BCUT2D eigenvalue weighted by Crippen LogP contribution is 2.31. The topological polar surface area (TPSA) is 61.9 Å². The highest BCUT2D eigenvalue weighted by molar-refractivity contribution is 7.99.